The van der Waals surface area contributed by atoms with Crippen LogP contribution in [0.3, 0.4) is 0 Å². The molecule has 0 atom stereocenters. The van der Waals surface area contributed by atoms with E-state index in [1.54, 1.807) is 30.3 Å². The van der Waals surface area contributed by atoms with Gasteiger partial charge in [0, 0.05) is 67.3 Å². The number of hydrogen-bond acceptors (Lipinski definition) is 7. The van der Waals surface area contributed by atoms with E-state index in [0.29, 0.717) is 39.5 Å². The van der Waals surface area contributed by atoms with Crippen LogP contribution in [-0.4, -0.2) is 14.5 Å². The average molecular weight is 959 g/mol. The first kappa shape index (κ1) is 45.3. The van der Waals surface area contributed by atoms with Gasteiger partial charge in [-0.15, -0.1) is 0 Å². The summed E-state index contributed by atoms with van der Waals surface area (Å²) in [6.07, 6.45) is 0. The molecule has 12 aromatic rings. The first-order valence-electron chi connectivity index (χ1n) is 24.5. The maximum absolute atomic E-state index is 10.7. The molecular weight excluding hydrogens is 917 g/mol. The van der Waals surface area contributed by atoms with Crippen molar-refractivity contribution in [1.29, 1.82) is 15.8 Å². The van der Waals surface area contributed by atoms with Gasteiger partial charge >= 0.3 is 0 Å². The molecule has 8 heteroatoms. The minimum atomic E-state index is 0.423. The highest BCUT2D eigenvalue weighted by molar-refractivity contribution is 6.12. The molecule has 0 N–H and O–H groups in total. The van der Waals surface area contributed by atoms with Crippen LogP contribution in [0.5, 0.6) is 0 Å². The van der Waals surface area contributed by atoms with Crippen molar-refractivity contribution in [2.75, 3.05) is 9.80 Å². The Morgan fingerprint density at radius 3 is 1.24 bits per heavy atom. The van der Waals surface area contributed by atoms with Crippen LogP contribution in [0.1, 0.15) is 16.7 Å². The van der Waals surface area contributed by atoms with Crippen LogP contribution in [0.25, 0.3) is 72.5 Å². The molecule has 8 nitrogen and oxygen atoms in total. The largest absolute Gasteiger partial charge is 0.310 e. The molecule has 0 unspecified atom stereocenters. The fourth-order valence-corrected chi connectivity index (χ4v) is 9.94. The fourth-order valence-electron chi connectivity index (χ4n) is 9.94. The zero-order chi connectivity index (χ0) is 50.7. The van der Waals surface area contributed by atoms with Crippen molar-refractivity contribution in [2.24, 2.45) is 0 Å². The van der Waals surface area contributed by atoms with E-state index < -0.39 is 0 Å². The summed E-state index contributed by atoms with van der Waals surface area (Å²) < 4.78 is 2.32. The fraction of sp³-hybridized carbons (Fsp3) is 0. The van der Waals surface area contributed by atoms with Gasteiger partial charge in [-0.25, -0.2) is 9.97 Å². The van der Waals surface area contributed by atoms with Crippen molar-refractivity contribution in [2.45, 2.75) is 0 Å². The normalized spacial score (nSPS) is 10.9. The Morgan fingerprint density at radius 2 is 0.773 bits per heavy atom. The molecule has 0 aliphatic carbocycles. The van der Waals surface area contributed by atoms with Gasteiger partial charge in [-0.05, 0) is 145 Å². The third-order valence-corrected chi connectivity index (χ3v) is 13.4. The van der Waals surface area contributed by atoms with Gasteiger partial charge in [-0.2, -0.15) is 15.8 Å². The quantitative estimate of drug-likeness (QED) is 0.127. The number of anilines is 6. The molecule has 12 rings (SSSR count). The van der Waals surface area contributed by atoms with E-state index in [0.717, 1.165) is 83.9 Å². The van der Waals surface area contributed by atoms with Crippen molar-refractivity contribution in [1.82, 2.24) is 14.5 Å². The Kier molecular flexibility index (Phi) is 11.9. The Morgan fingerprint density at radius 1 is 0.333 bits per heavy atom. The SMILES string of the molecule is N#Cc1cccc(-c2cc(-c3ccc(-c4ccc(-n5c6ccc(N(c7ccccc7)c7ccccc7)cc6c6cc(N(c7ccccc7)c7ccccc7)ccc65)cc4)c(C#N)c3)nc(-c3cccc(C#N)c3)n2)c1. The second-order valence-corrected chi connectivity index (χ2v) is 18.0. The molecule has 0 aliphatic rings. The van der Waals surface area contributed by atoms with Crippen molar-refractivity contribution < 1.29 is 0 Å². The molecule has 0 fully saturated rings. The van der Waals surface area contributed by atoms with Gasteiger partial charge in [-0.3, -0.25) is 0 Å². The number of aromatic nitrogens is 3. The van der Waals surface area contributed by atoms with Crippen LogP contribution in [0, 0.1) is 34.0 Å². The lowest BCUT2D eigenvalue weighted by Crippen LogP contribution is -2.09. The minimum Gasteiger partial charge on any atom is -0.310 e. The lowest BCUT2D eigenvalue weighted by molar-refractivity contribution is 1.18. The lowest BCUT2D eigenvalue weighted by atomic mass is 9.96. The maximum atomic E-state index is 10.7. The number of nitriles is 3. The lowest BCUT2D eigenvalue weighted by Gasteiger charge is -2.26. The number of nitrogens with zero attached hydrogens (tertiary/aromatic N) is 8. The van der Waals surface area contributed by atoms with Crippen molar-refractivity contribution >= 4 is 55.9 Å². The number of fused-ring (bicyclic) bond motifs is 3. The molecule has 0 radical (unpaired) electrons. The number of hydrogen-bond donors (Lipinski definition) is 0. The standard InChI is InChI=1S/C67H42N8/c68-43-46-15-13-17-49(37-46)63-42-64(72-67(71-63)51-18-14-16-47(38-51)44-69)50-29-34-60(52(39-50)45-70)48-27-30-57(31-28-48)75-65-35-32-58(73(53-19-5-1-6-20-53)54-21-7-2-8-22-54)40-61(65)62-41-59(33-36-66(62)75)74(55-23-9-3-10-24-55)56-25-11-4-12-26-56/h1-42H. The molecule has 0 bridgehead atoms. The van der Waals surface area contributed by atoms with E-state index in [1.165, 1.54) is 0 Å². The molecule has 75 heavy (non-hydrogen) atoms. The predicted octanol–water partition coefficient (Wildman–Crippen LogP) is 16.8. The van der Waals surface area contributed by atoms with E-state index in [-0.39, 0.29) is 0 Å². The smallest absolute Gasteiger partial charge is 0.160 e. The summed E-state index contributed by atoms with van der Waals surface area (Å²) in [7, 11) is 0. The van der Waals surface area contributed by atoms with Gasteiger partial charge in [0.15, 0.2) is 5.82 Å². The minimum absolute atomic E-state index is 0.423. The zero-order valence-electron chi connectivity index (χ0n) is 40.3. The Hall–Kier alpha value is -10.9. The van der Waals surface area contributed by atoms with Crippen LogP contribution in [-0.2, 0) is 0 Å². The summed E-state index contributed by atoms with van der Waals surface area (Å²) >= 11 is 0. The van der Waals surface area contributed by atoms with E-state index in [2.05, 4.69) is 190 Å². The van der Waals surface area contributed by atoms with Gasteiger partial charge in [-0.1, -0.05) is 121 Å². The first-order valence-corrected chi connectivity index (χ1v) is 24.5. The van der Waals surface area contributed by atoms with Gasteiger partial charge in [0.05, 0.1) is 57.3 Å². The monoisotopic (exact) mass is 958 g/mol. The summed E-state index contributed by atoms with van der Waals surface area (Å²) in [6.45, 7) is 0. The van der Waals surface area contributed by atoms with Crippen LogP contribution >= 0.6 is 0 Å². The van der Waals surface area contributed by atoms with Crippen LogP contribution in [0.4, 0.5) is 34.1 Å². The second kappa shape index (κ2) is 19.7. The third kappa shape index (κ3) is 8.76. The van der Waals surface area contributed by atoms with E-state index in [9.17, 15) is 15.8 Å². The van der Waals surface area contributed by atoms with E-state index in [1.807, 2.05) is 66.7 Å². The molecule has 10 aromatic carbocycles. The summed E-state index contributed by atoms with van der Waals surface area (Å²) in [4.78, 5) is 14.5. The van der Waals surface area contributed by atoms with Crippen LogP contribution in [0.2, 0.25) is 0 Å². The molecular formula is C67H42N8. The topological polar surface area (TPSA) is 109 Å². The van der Waals surface area contributed by atoms with Gasteiger partial charge in [0.25, 0.3) is 0 Å². The summed E-state index contributed by atoms with van der Waals surface area (Å²) in [5.74, 6) is 0.423. The van der Waals surface area contributed by atoms with Crippen molar-refractivity contribution in [3.8, 4) is 68.9 Å². The third-order valence-electron chi connectivity index (χ3n) is 13.4. The Balaban J connectivity index is 0.971. The van der Waals surface area contributed by atoms with Crippen LogP contribution in [0.15, 0.2) is 255 Å². The molecule has 0 saturated carbocycles. The molecule has 0 saturated heterocycles. The van der Waals surface area contributed by atoms with E-state index >= 15 is 0 Å². The summed E-state index contributed by atoms with van der Waals surface area (Å²) in [6, 6.07) is 92.8. The van der Waals surface area contributed by atoms with Crippen LogP contribution < -0.4 is 9.80 Å². The highest BCUT2D eigenvalue weighted by Crippen LogP contribution is 2.43. The summed E-state index contributed by atoms with van der Waals surface area (Å²) in [5, 5.41) is 32.3. The molecule has 2 aromatic heterocycles. The highest BCUT2D eigenvalue weighted by Gasteiger charge is 2.21. The predicted molar refractivity (Wildman–Crippen MR) is 302 cm³/mol. The highest BCUT2D eigenvalue weighted by atomic mass is 15.1. The van der Waals surface area contributed by atoms with Crippen molar-refractivity contribution in [3.63, 3.8) is 0 Å². The zero-order valence-corrected chi connectivity index (χ0v) is 40.3. The number of benzene rings is 10. The summed E-state index contributed by atoms with van der Waals surface area (Å²) in [5.41, 5.74) is 15.9. The molecule has 0 spiro atoms. The molecule has 350 valence electrons. The number of para-hydroxylation sites is 4. The van der Waals surface area contributed by atoms with Gasteiger partial charge in [0.1, 0.15) is 0 Å². The van der Waals surface area contributed by atoms with Crippen molar-refractivity contribution in [3.05, 3.63) is 271 Å². The van der Waals surface area contributed by atoms with Gasteiger partial charge < -0.3 is 14.4 Å². The Bertz CT molecular complexity index is 3910. The maximum Gasteiger partial charge on any atom is 0.160 e. The second-order valence-electron chi connectivity index (χ2n) is 18.0. The Labute approximate surface area is 434 Å². The molecule has 0 aliphatic heterocycles. The average Bonchev–Trinajstić information content (AvgIpc) is 3.82. The number of rotatable bonds is 11. The first-order chi connectivity index (χ1) is 37.0. The molecule has 0 amide bonds. The van der Waals surface area contributed by atoms with Gasteiger partial charge in [0.2, 0.25) is 0 Å². The molecule has 2 heterocycles. The van der Waals surface area contributed by atoms with E-state index in [4.69, 9.17) is 9.97 Å².